The number of primary amides is 1. The maximum Gasteiger partial charge on any atom is 0.405 e. The van der Waals surface area contributed by atoms with E-state index >= 15 is 0 Å². The molecule has 4 N–H and O–H groups in total. The number of aliphatic imine (C=N–C) groups is 1. The number of amides is 1. The molecule has 1 heterocycles. The smallest absolute Gasteiger partial charge is 0.405 e. The van der Waals surface area contributed by atoms with Gasteiger partial charge in [0.1, 0.15) is 23.2 Å². The highest BCUT2D eigenvalue weighted by atomic mass is 35.5. The molecule has 0 aliphatic carbocycles. The molecule has 3 aromatic carbocycles. The Balaban J connectivity index is 1.80. The van der Waals surface area contributed by atoms with Crippen molar-refractivity contribution in [2.45, 2.75) is 39.2 Å². The molecule has 11 nitrogen and oxygen atoms in total. The Morgan fingerprint density at radius 2 is 1.76 bits per heavy atom. The summed E-state index contributed by atoms with van der Waals surface area (Å²) >= 11 is 3.88. The number of aromatic nitrogens is 2. The molecule has 0 spiro atoms. The van der Waals surface area contributed by atoms with Crippen LogP contribution in [0.4, 0.5) is 25.1 Å². The molecular weight excluding hydrogens is 642 g/mol. The van der Waals surface area contributed by atoms with Crippen LogP contribution in [0, 0.1) is 17.0 Å². The molecule has 0 bridgehead atoms. The monoisotopic (exact) mass is 675 g/mol. The lowest BCUT2D eigenvalue weighted by atomic mass is 9.72. The van der Waals surface area contributed by atoms with Crippen molar-refractivity contribution < 1.29 is 31.8 Å². The van der Waals surface area contributed by atoms with Gasteiger partial charge in [0.25, 0.3) is 0 Å². The van der Waals surface area contributed by atoms with Crippen molar-refractivity contribution in [3.63, 3.8) is 0 Å². The number of aryl methyl sites for hydroxylation is 1. The number of rotatable bonds is 11. The minimum Gasteiger partial charge on any atom is -0.755 e. The Morgan fingerprint density at radius 1 is 1.13 bits per heavy atom. The van der Waals surface area contributed by atoms with Crippen molar-refractivity contribution in [2.75, 3.05) is 18.0 Å². The number of nitrogens with two attached hydrogens (primary N) is 2. The Hall–Kier alpha value is -4.27. The first-order chi connectivity index (χ1) is 21.6. The molecule has 46 heavy (non-hydrogen) atoms. The lowest BCUT2D eigenvalue weighted by Gasteiger charge is -2.36. The van der Waals surface area contributed by atoms with Gasteiger partial charge in [-0.05, 0) is 59.4 Å². The van der Waals surface area contributed by atoms with Crippen molar-refractivity contribution >= 4 is 57.2 Å². The second kappa shape index (κ2) is 14.0. The first kappa shape index (κ1) is 34.6. The maximum atomic E-state index is 14.3. The topological polar surface area (TPSA) is 161 Å². The van der Waals surface area contributed by atoms with E-state index in [2.05, 4.69) is 10.1 Å². The minimum atomic E-state index is -2.73. The summed E-state index contributed by atoms with van der Waals surface area (Å²) < 4.78 is 66.6. The predicted molar refractivity (Wildman–Crippen MR) is 173 cm³/mol. The average Bonchev–Trinajstić information content (AvgIpc) is 3.30. The van der Waals surface area contributed by atoms with Crippen molar-refractivity contribution in [2.24, 2.45) is 28.9 Å². The highest BCUT2D eigenvalue weighted by Gasteiger charge is 2.39. The number of methoxy groups -OCH3 is 1. The Bertz CT molecular complexity index is 1770. The van der Waals surface area contributed by atoms with Gasteiger partial charge in [-0.3, -0.25) is 13.2 Å². The van der Waals surface area contributed by atoms with E-state index in [1.807, 2.05) is 12.1 Å². The van der Waals surface area contributed by atoms with Crippen LogP contribution >= 0.6 is 11.6 Å². The van der Waals surface area contributed by atoms with E-state index in [1.165, 1.54) is 16.8 Å². The quantitative estimate of drug-likeness (QED) is 0.118. The molecule has 246 valence electrons. The van der Waals surface area contributed by atoms with Gasteiger partial charge >= 0.3 is 6.09 Å². The first-order valence-corrected chi connectivity index (χ1v) is 15.4. The van der Waals surface area contributed by atoms with E-state index in [0.717, 1.165) is 28.1 Å². The number of nitrogens with zero attached hydrogens (tertiary/aromatic N) is 4. The van der Waals surface area contributed by atoms with Gasteiger partial charge in [0, 0.05) is 36.8 Å². The number of hydrogen-bond acceptors (Lipinski definition) is 7. The van der Waals surface area contributed by atoms with Gasteiger partial charge < -0.3 is 25.5 Å². The molecule has 0 fully saturated rings. The number of fused-ring (bicyclic) bond motifs is 1. The predicted octanol–water partition coefficient (Wildman–Crippen LogP) is 5.64. The van der Waals surface area contributed by atoms with Crippen molar-refractivity contribution in [3.8, 4) is 5.75 Å². The fourth-order valence-electron chi connectivity index (χ4n) is 5.39. The zero-order chi connectivity index (χ0) is 33.9. The highest BCUT2D eigenvalue weighted by Crippen LogP contribution is 2.42. The van der Waals surface area contributed by atoms with Gasteiger partial charge in [0.05, 0.1) is 28.7 Å². The van der Waals surface area contributed by atoms with Crippen LogP contribution in [-0.4, -0.2) is 50.2 Å². The molecule has 0 saturated carbocycles. The average molecular weight is 676 g/mol. The fraction of sp³-hybridized carbons (Fsp3) is 0.323. The second-order valence-corrected chi connectivity index (χ2v) is 12.9. The number of anilines is 1. The third kappa shape index (κ3) is 7.74. The number of carbonyl (C=O) groups is 1. The van der Waals surface area contributed by atoms with Gasteiger partial charge in [0.2, 0.25) is 0 Å². The SMILES string of the molecule is COc1ccc(CCN(c2nn(C)c3c(N=C(N)C(OC(N)=O)C(c4cc(F)cc(F)c4)C(C)(C)C)ccc(Cl)c23)S(=O)[O-])cc1. The van der Waals surface area contributed by atoms with Crippen molar-refractivity contribution in [1.82, 2.24) is 9.78 Å². The third-order valence-electron chi connectivity index (χ3n) is 7.34. The largest absolute Gasteiger partial charge is 0.755 e. The molecule has 1 aromatic heterocycles. The summed E-state index contributed by atoms with van der Waals surface area (Å²) in [6.07, 6.45) is -2.17. The van der Waals surface area contributed by atoms with Crippen LogP contribution in [-0.2, 0) is 29.5 Å². The molecular formula is C31H34ClF2N6O5S-. The number of benzene rings is 3. The molecule has 4 rings (SSSR count). The molecule has 0 aliphatic rings. The summed E-state index contributed by atoms with van der Waals surface area (Å²) in [5.41, 5.74) is 12.7. The molecule has 0 aliphatic heterocycles. The van der Waals surface area contributed by atoms with Gasteiger partial charge in [-0.1, -0.05) is 44.5 Å². The molecule has 3 atom stereocenters. The van der Waals surface area contributed by atoms with Crippen molar-refractivity contribution in [1.29, 1.82) is 0 Å². The molecule has 0 saturated heterocycles. The number of hydrogen-bond donors (Lipinski definition) is 2. The summed E-state index contributed by atoms with van der Waals surface area (Å²) in [4.78, 5) is 16.6. The van der Waals surface area contributed by atoms with Crippen molar-refractivity contribution in [3.05, 3.63) is 82.4 Å². The molecule has 15 heteroatoms. The van der Waals surface area contributed by atoms with Gasteiger partial charge in [-0.2, -0.15) is 5.10 Å². The zero-order valence-electron chi connectivity index (χ0n) is 25.8. The minimum absolute atomic E-state index is 0.0481. The van der Waals surface area contributed by atoms with Gasteiger partial charge in [-0.25, -0.2) is 18.6 Å². The Labute approximate surface area is 272 Å². The summed E-state index contributed by atoms with van der Waals surface area (Å²) in [6.45, 7) is 5.39. The first-order valence-electron chi connectivity index (χ1n) is 14.0. The summed E-state index contributed by atoms with van der Waals surface area (Å²) in [5, 5.41) is 4.94. The summed E-state index contributed by atoms with van der Waals surface area (Å²) in [6, 6.07) is 13.2. The third-order valence-corrected chi connectivity index (χ3v) is 8.37. The second-order valence-electron chi connectivity index (χ2n) is 11.6. The van der Waals surface area contributed by atoms with E-state index < -0.39 is 46.4 Å². The standard InChI is InChI=1S/C31H35ClF2N6O5S/c1-31(2,3)25(18-14-19(33)16-20(34)15-18)27(45-30(36)41)28(35)37-23-11-10-22(32)24-26(23)39(4)38-29(24)40(46(42)43)13-12-17-6-8-21(44-5)9-7-17/h6-11,14-16,25,27H,12-13H2,1-5H3,(H2,35,37)(H2,36,41)(H,42,43)/p-1. The highest BCUT2D eigenvalue weighted by molar-refractivity contribution is 7.80. The van der Waals surface area contributed by atoms with Gasteiger partial charge in [-0.15, -0.1) is 0 Å². The normalized spacial score (nSPS) is 14.2. The molecule has 3 unspecified atom stereocenters. The Morgan fingerprint density at radius 3 is 2.30 bits per heavy atom. The van der Waals surface area contributed by atoms with Crippen LogP contribution in [0.15, 0.2) is 59.6 Å². The van der Waals surface area contributed by atoms with Crippen LogP contribution in [0.1, 0.15) is 37.8 Å². The molecule has 0 radical (unpaired) electrons. The molecule has 1 amide bonds. The van der Waals surface area contributed by atoms with E-state index in [1.54, 1.807) is 47.1 Å². The van der Waals surface area contributed by atoms with Crippen LogP contribution in [0.3, 0.4) is 0 Å². The number of carbonyl (C=O) groups excluding carboxylic acids is 1. The number of halogens is 3. The van der Waals surface area contributed by atoms with Crippen LogP contribution in [0.5, 0.6) is 5.75 Å². The molecule has 4 aromatic rings. The lowest BCUT2D eigenvalue weighted by Crippen LogP contribution is -2.44. The number of amidine groups is 1. The van der Waals surface area contributed by atoms with E-state index in [0.29, 0.717) is 17.7 Å². The summed E-state index contributed by atoms with van der Waals surface area (Å²) in [5.74, 6) is -2.05. The summed E-state index contributed by atoms with van der Waals surface area (Å²) in [7, 11) is 3.14. The van der Waals surface area contributed by atoms with Gasteiger partial charge in [0.15, 0.2) is 11.9 Å². The van der Waals surface area contributed by atoms with E-state index in [4.69, 9.17) is 32.5 Å². The Kier molecular flexibility index (Phi) is 10.5. The fourth-order valence-corrected chi connectivity index (χ4v) is 6.13. The lowest BCUT2D eigenvalue weighted by molar-refractivity contribution is 0.0952. The van der Waals surface area contributed by atoms with Crippen LogP contribution < -0.4 is 20.5 Å². The zero-order valence-corrected chi connectivity index (χ0v) is 27.4. The van der Waals surface area contributed by atoms with Crippen LogP contribution in [0.2, 0.25) is 5.02 Å². The van der Waals surface area contributed by atoms with E-state index in [-0.39, 0.29) is 39.9 Å². The maximum absolute atomic E-state index is 14.3. The number of ether oxygens (including phenoxy) is 2. The van der Waals surface area contributed by atoms with E-state index in [9.17, 15) is 22.3 Å². The van der Waals surface area contributed by atoms with Crippen LogP contribution in [0.25, 0.3) is 10.9 Å².